The molecule has 6 rings (SSSR count). The Morgan fingerprint density at radius 3 is 1.85 bits per heavy atom. The number of benzene rings is 3. The van der Waals surface area contributed by atoms with Crippen LogP contribution in [0.3, 0.4) is 0 Å². The van der Waals surface area contributed by atoms with Crippen LogP contribution in [-0.4, -0.2) is 185 Å². The lowest BCUT2D eigenvalue weighted by molar-refractivity contribution is -0.144. The molecular formula is C69H94N8O12. The normalized spacial score (nSPS) is 19.0. The van der Waals surface area contributed by atoms with E-state index < -0.39 is 94.8 Å². The van der Waals surface area contributed by atoms with Crippen LogP contribution in [0.25, 0.3) is 0 Å². The number of ether oxygens (including phenoxy) is 4. The lowest BCUT2D eigenvalue weighted by Crippen LogP contribution is -2.60. The largest absolute Gasteiger partial charge is 0.444 e. The molecule has 20 nitrogen and oxygen atoms in total. The number of likely N-dealkylation sites (N-methyl/N-ethyl adjacent to an activating group) is 2. The third-order valence-electron chi connectivity index (χ3n) is 16.2. The molecular weight excluding hydrogens is 1130 g/mol. The number of hydrogen-bond acceptors (Lipinski definition) is 12. The number of fused-ring (bicyclic) bond motifs is 1. The van der Waals surface area contributed by atoms with Gasteiger partial charge in [-0.3, -0.25) is 38.6 Å². The van der Waals surface area contributed by atoms with E-state index in [2.05, 4.69) is 45.7 Å². The first-order chi connectivity index (χ1) is 41.9. The van der Waals surface area contributed by atoms with Crippen LogP contribution in [0.4, 0.5) is 9.59 Å². The van der Waals surface area contributed by atoms with Gasteiger partial charge in [-0.25, -0.2) is 9.59 Å². The van der Waals surface area contributed by atoms with Crippen molar-refractivity contribution < 1.29 is 57.3 Å². The van der Waals surface area contributed by atoms with Crippen LogP contribution in [0.5, 0.6) is 0 Å². The van der Waals surface area contributed by atoms with E-state index in [1.165, 1.54) is 30.8 Å². The number of carbonyl (C=O) groups is 8. The van der Waals surface area contributed by atoms with Gasteiger partial charge in [0.1, 0.15) is 54.6 Å². The van der Waals surface area contributed by atoms with Gasteiger partial charge in [-0.1, -0.05) is 105 Å². The number of rotatable bonds is 21. The first kappa shape index (κ1) is 70.2. The summed E-state index contributed by atoms with van der Waals surface area (Å²) in [5.74, 6) is 8.71. The molecule has 2 heterocycles. The molecule has 89 heavy (non-hydrogen) atoms. The Morgan fingerprint density at radius 2 is 1.25 bits per heavy atom. The zero-order valence-corrected chi connectivity index (χ0v) is 54.6. The predicted molar refractivity (Wildman–Crippen MR) is 339 cm³/mol. The minimum absolute atomic E-state index is 0.0239. The van der Waals surface area contributed by atoms with Gasteiger partial charge in [0.2, 0.25) is 29.5 Å². The topological polar surface area (TPSA) is 226 Å². The smallest absolute Gasteiger partial charge is 0.410 e. The highest BCUT2D eigenvalue weighted by Gasteiger charge is 2.47. The van der Waals surface area contributed by atoms with Gasteiger partial charge in [0.15, 0.2) is 0 Å². The number of aryl methyl sites for hydroxylation is 1. The van der Waals surface area contributed by atoms with Crippen molar-refractivity contribution in [2.75, 3.05) is 53.5 Å². The van der Waals surface area contributed by atoms with E-state index in [0.29, 0.717) is 37.9 Å². The Hall–Kier alpha value is -7.94. The summed E-state index contributed by atoms with van der Waals surface area (Å²) in [4.78, 5) is 120. The van der Waals surface area contributed by atoms with E-state index in [-0.39, 0.29) is 56.6 Å². The van der Waals surface area contributed by atoms with E-state index in [1.54, 1.807) is 77.3 Å². The quantitative estimate of drug-likeness (QED) is 0.0883. The lowest BCUT2D eigenvalue weighted by atomic mass is 9.85. The predicted octanol–water partition coefficient (Wildman–Crippen LogP) is 7.48. The van der Waals surface area contributed by atoms with Gasteiger partial charge in [-0.15, -0.1) is 0 Å². The second kappa shape index (κ2) is 31.5. The Morgan fingerprint density at radius 1 is 0.674 bits per heavy atom. The van der Waals surface area contributed by atoms with Crippen LogP contribution in [0.2, 0.25) is 0 Å². The van der Waals surface area contributed by atoms with Crippen molar-refractivity contribution in [2.45, 2.75) is 194 Å². The Labute approximate surface area is 526 Å². The summed E-state index contributed by atoms with van der Waals surface area (Å²) in [5.41, 5.74) is 1.34. The molecule has 2 aliphatic heterocycles. The molecule has 3 aromatic carbocycles. The monoisotopic (exact) mass is 1230 g/mol. The molecule has 3 aliphatic rings. The van der Waals surface area contributed by atoms with Crippen molar-refractivity contribution in [3.05, 3.63) is 107 Å². The second-order valence-corrected chi connectivity index (χ2v) is 26.5. The first-order valence-corrected chi connectivity index (χ1v) is 31.0. The molecule has 3 N–H and O–H groups in total. The maximum absolute atomic E-state index is 14.9. The zero-order valence-electron chi connectivity index (χ0n) is 54.6. The van der Waals surface area contributed by atoms with Crippen LogP contribution in [-0.2, 0) is 55.8 Å². The highest BCUT2D eigenvalue weighted by atomic mass is 16.6. The Balaban J connectivity index is 1.15. The molecule has 3 aromatic rings. The van der Waals surface area contributed by atoms with Gasteiger partial charge in [0.05, 0.1) is 18.2 Å². The molecule has 2 saturated heterocycles. The molecule has 0 aromatic heterocycles. The van der Waals surface area contributed by atoms with Crippen molar-refractivity contribution in [2.24, 2.45) is 5.41 Å². The van der Waals surface area contributed by atoms with Crippen molar-refractivity contribution in [1.82, 2.24) is 40.4 Å². The summed E-state index contributed by atoms with van der Waals surface area (Å²) in [6, 6.07) is 20.9. The number of likely N-dealkylation sites (tertiary alicyclic amines) is 2. The first-order valence-electron chi connectivity index (χ1n) is 31.0. The summed E-state index contributed by atoms with van der Waals surface area (Å²) in [7, 11) is 2.90. The number of carbonyl (C=O) groups excluding carboxylic acids is 8. The fraction of sp³-hybridized carbons (Fsp3) is 0.565. The molecule has 20 heteroatoms. The molecule has 8 amide bonds. The van der Waals surface area contributed by atoms with E-state index in [4.69, 9.17) is 18.9 Å². The fourth-order valence-corrected chi connectivity index (χ4v) is 10.9. The molecule has 2 fully saturated rings. The molecule has 0 spiro atoms. The number of hydrogen-bond donors (Lipinski definition) is 3. The minimum Gasteiger partial charge on any atom is -0.444 e. The molecule has 482 valence electrons. The lowest BCUT2D eigenvalue weighted by Gasteiger charge is -2.37. The van der Waals surface area contributed by atoms with Crippen LogP contribution >= 0.6 is 0 Å². The van der Waals surface area contributed by atoms with E-state index in [1.807, 2.05) is 87.5 Å². The third-order valence-corrected chi connectivity index (χ3v) is 16.2. The van der Waals surface area contributed by atoms with E-state index in [0.717, 1.165) is 40.9 Å². The summed E-state index contributed by atoms with van der Waals surface area (Å²) >= 11 is 0. The Bertz CT molecular complexity index is 3080. The van der Waals surface area contributed by atoms with Gasteiger partial charge in [-0.05, 0) is 147 Å². The van der Waals surface area contributed by atoms with Crippen LogP contribution in [0, 0.1) is 29.1 Å². The number of amides is 8. The highest BCUT2D eigenvalue weighted by Crippen LogP contribution is 2.32. The molecule has 9 atom stereocenters. The SMILES string of the molecule is C[C@@H](OCC#CC#CCO[C@H]1C[C@@H](C(=O)N[C@@H]2CCCc3ccccc32)N(C(=O)[C@@H](NC(=O)[C@H](C)N(C)C(=O)OC(C)(C)C)C(C)(C)C)C1)[C@H](NC(=O)[C@H](C)N(C)C(=O)OC(C)(C)C)C(=O)N1CCC[C@H]1CN(CCc1ccccc1)C(=O)c1ccccc1. The molecule has 0 unspecified atom stereocenters. The van der Waals surface area contributed by atoms with Crippen molar-refractivity contribution >= 4 is 47.6 Å². The average molecular weight is 1230 g/mol. The maximum Gasteiger partial charge on any atom is 0.410 e. The van der Waals surface area contributed by atoms with Gasteiger partial charge in [0.25, 0.3) is 5.91 Å². The van der Waals surface area contributed by atoms with Crippen LogP contribution in [0.1, 0.15) is 148 Å². The van der Waals surface area contributed by atoms with Crippen molar-refractivity contribution in [1.29, 1.82) is 0 Å². The minimum atomic E-state index is -1.23. The summed E-state index contributed by atoms with van der Waals surface area (Å²) in [6.07, 6.45) is 1.57. The van der Waals surface area contributed by atoms with Crippen molar-refractivity contribution in [3.8, 4) is 23.7 Å². The molecule has 0 saturated carbocycles. The van der Waals surface area contributed by atoms with Gasteiger partial charge >= 0.3 is 12.2 Å². The van der Waals surface area contributed by atoms with Crippen LogP contribution in [0.15, 0.2) is 84.9 Å². The molecule has 1 aliphatic carbocycles. The summed E-state index contributed by atoms with van der Waals surface area (Å²) < 4.78 is 23.4. The van der Waals surface area contributed by atoms with E-state index in [9.17, 15) is 38.4 Å². The average Bonchev–Trinajstić information content (AvgIpc) is 1.95. The van der Waals surface area contributed by atoms with Gasteiger partial charge < -0.3 is 49.6 Å². The summed E-state index contributed by atoms with van der Waals surface area (Å²) in [6.45, 7) is 21.3. The van der Waals surface area contributed by atoms with E-state index >= 15 is 0 Å². The molecule has 0 bridgehead atoms. The number of nitrogens with zero attached hydrogens (tertiary/aromatic N) is 5. The highest BCUT2D eigenvalue weighted by molar-refractivity contribution is 5.96. The maximum atomic E-state index is 14.9. The zero-order chi connectivity index (χ0) is 65.4. The van der Waals surface area contributed by atoms with Gasteiger partial charge in [0, 0.05) is 58.3 Å². The standard InChI is InChI=1S/C69H94N8O12/c1-46(73(13)65(84)88-68(7,8)9)59(78)71-57(63(82)76-39-28-35-52(76)44-75(40-38-49-29-19-17-20-30-49)62(81)51-32-21-18-22-33-51)48(3)86-41-25-15-16-26-42-87-53-43-56(61(80)70-55-37-27-34-50-31-23-24-36-54(50)55)77(45-53)64(83)58(67(4,5)6)72-60(79)47(2)74(14)66(85)89-69(10,11)12/h17-24,29-33,36,46-48,52-53,55-58H,27-28,34-35,37-45H2,1-14H3,(H,70,80)(H,71,78)(H,72,79)/t46-,47-,48+,52-,53-,55+,56-,57-,58+/m0/s1. The fourth-order valence-electron chi connectivity index (χ4n) is 10.9. The van der Waals surface area contributed by atoms with Crippen molar-refractivity contribution in [3.63, 3.8) is 0 Å². The number of nitrogens with one attached hydrogen (secondary N) is 3. The third kappa shape index (κ3) is 20.3. The molecule has 0 radical (unpaired) electrons. The Kier molecular flexibility index (Phi) is 24.8. The second-order valence-electron chi connectivity index (χ2n) is 26.5. The van der Waals surface area contributed by atoms with Gasteiger partial charge in [-0.2, -0.15) is 0 Å². The van der Waals surface area contributed by atoms with Crippen LogP contribution < -0.4 is 16.0 Å². The summed E-state index contributed by atoms with van der Waals surface area (Å²) in [5, 5.41) is 9.00.